The van der Waals surface area contributed by atoms with Gasteiger partial charge in [-0.2, -0.15) is 0 Å². The lowest BCUT2D eigenvalue weighted by atomic mass is 10.1. The summed E-state index contributed by atoms with van der Waals surface area (Å²) in [6.45, 7) is 4.71. The molecule has 0 radical (unpaired) electrons. The van der Waals surface area contributed by atoms with Crippen LogP contribution in [0.1, 0.15) is 181 Å². The molecule has 2 unspecified atom stereocenters. The molecule has 0 aromatic rings. The minimum absolute atomic E-state index is 0.182. The fraction of sp³-hybridized carbons (Fsp3) is 0.740. The van der Waals surface area contributed by atoms with Crippen LogP contribution in [-0.2, 0) is 33.3 Å². The van der Waals surface area contributed by atoms with Crippen molar-refractivity contribution in [3.8, 4) is 0 Å². The number of unbranched alkanes of at least 4 members (excludes halogenated alkanes) is 17. The molecule has 0 fully saturated rings. The lowest BCUT2D eigenvalue weighted by molar-refractivity contribution is -0.870. The first-order valence-electron chi connectivity index (χ1n) is 23.5. The predicted molar refractivity (Wildman–Crippen MR) is 244 cm³/mol. The van der Waals surface area contributed by atoms with Crippen LogP contribution in [0.5, 0.6) is 0 Å². The number of ether oxygens (including phenoxy) is 4. The number of carboxylic acid groups (broad SMARTS) is 1. The number of carboxylic acids is 1. The molecule has 0 aliphatic rings. The Morgan fingerprint density at radius 3 is 1.44 bits per heavy atom. The summed E-state index contributed by atoms with van der Waals surface area (Å²) >= 11 is 0. The molecular weight excluding hydrogens is 743 g/mol. The van der Waals surface area contributed by atoms with Gasteiger partial charge in [-0.15, -0.1) is 0 Å². The van der Waals surface area contributed by atoms with Gasteiger partial charge in [-0.25, -0.2) is 4.79 Å². The maximum absolute atomic E-state index is 12.8. The highest BCUT2D eigenvalue weighted by Crippen LogP contribution is 2.14. The number of hydrogen-bond acceptors (Lipinski definition) is 7. The number of quaternary nitrogens is 1. The smallest absolute Gasteiger partial charge is 0.361 e. The highest BCUT2D eigenvalue weighted by molar-refractivity contribution is 5.71. The maximum Gasteiger partial charge on any atom is 0.361 e. The van der Waals surface area contributed by atoms with Gasteiger partial charge in [0.2, 0.25) is 0 Å². The number of aliphatic carboxylic acids is 1. The largest absolute Gasteiger partial charge is 0.477 e. The van der Waals surface area contributed by atoms with Crippen LogP contribution in [0.4, 0.5) is 0 Å². The number of esters is 2. The summed E-state index contributed by atoms with van der Waals surface area (Å²) in [5.41, 5.74) is 0. The molecule has 0 aromatic heterocycles. The number of carbonyl (C=O) groups is 3. The van der Waals surface area contributed by atoms with E-state index < -0.39 is 24.3 Å². The Labute approximate surface area is 361 Å². The van der Waals surface area contributed by atoms with Gasteiger partial charge in [0.25, 0.3) is 6.29 Å². The molecule has 59 heavy (non-hydrogen) atoms. The summed E-state index contributed by atoms with van der Waals surface area (Å²) in [6, 6.07) is 0. The van der Waals surface area contributed by atoms with Gasteiger partial charge in [0.15, 0.2) is 6.10 Å². The molecule has 0 bridgehead atoms. The van der Waals surface area contributed by atoms with Gasteiger partial charge in [-0.1, -0.05) is 152 Å². The van der Waals surface area contributed by atoms with E-state index in [1.54, 1.807) is 0 Å². The Morgan fingerprint density at radius 1 is 0.525 bits per heavy atom. The van der Waals surface area contributed by atoms with Gasteiger partial charge in [0, 0.05) is 12.8 Å². The van der Waals surface area contributed by atoms with E-state index >= 15 is 0 Å². The number of carbonyl (C=O) groups excluding carboxylic acids is 2. The van der Waals surface area contributed by atoms with Crippen molar-refractivity contribution >= 4 is 17.9 Å². The van der Waals surface area contributed by atoms with Crippen molar-refractivity contribution in [1.82, 2.24) is 0 Å². The van der Waals surface area contributed by atoms with Crippen LogP contribution >= 0.6 is 0 Å². The molecule has 9 heteroatoms. The van der Waals surface area contributed by atoms with Crippen LogP contribution in [0.3, 0.4) is 0 Å². The minimum atomic E-state index is -1.52. The van der Waals surface area contributed by atoms with Crippen molar-refractivity contribution in [3.63, 3.8) is 0 Å². The third-order valence-corrected chi connectivity index (χ3v) is 9.76. The van der Waals surface area contributed by atoms with Gasteiger partial charge in [0.05, 0.1) is 34.4 Å². The van der Waals surface area contributed by atoms with Gasteiger partial charge < -0.3 is 28.5 Å². The molecule has 0 amide bonds. The van der Waals surface area contributed by atoms with Crippen molar-refractivity contribution in [2.24, 2.45) is 0 Å². The van der Waals surface area contributed by atoms with Crippen LogP contribution < -0.4 is 0 Å². The Bertz CT molecular complexity index is 1150. The topological polar surface area (TPSA) is 108 Å². The molecule has 340 valence electrons. The molecule has 1 N–H and O–H groups in total. The van der Waals surface area contributed by atoms with E-state index in [0.29, 0.717) is 17.4 Å². The summed E-state index contributed by atoms with van der Waals surface area (Å²) in [5, 5.41) is 9.65. The number of allylic oxidation sites excluding steroid dienone is 10. The highest BCUT2D eigenvalue weighted by atomic mass is 16.7. The Kier molecular flexibility index (Phi) is 39.6. The van der Waals surface area contributed by atoms with E-state index in [4.69, 9.17) is 18.9 Å². The predicted octanol–water partition coefficient (Wildman–Crippen LogP) is 12.6. The molecule has 0 saturated heterocycles. The molecule has 0 saturated carbocycles. The fourth-order valence-electron chi connectivity index (χ4n) is 6.11. The second kappa shape index (κ2) is 41.7. The average Bonchev–Trinajstić information content (AvgIpc) is 3.19. The van der Waals surface area contributed by atoms with Crippen molar-refractivity contribution < 1.29 is 42.9 Å². The quantitative estimate of drug-likeness (QED) is 0.0213. The molecule has 0 spiro atoms. The second-order valence-corrected chi connectivity index (χ2v) is 16.7. The molecule has 9 nitrogen and oxygen atoms in total. The number of hydrogen-bond donors (Lipinski definition) is 1. The van der Waals surface area contributed by atoms with Gasteiger partial charge in [0.1, 0.15) is 13.2 Å². The Morgan fingerprint density at radius 2 is 0.966 bits per heavy atom. The Balaban J connectivity index is 4.44. The third kappa shape index (κ3) is 42.9. The van der Waals surface area contributed by atoms with Gasteiger partial charge in [-0.3, -0.25) is 9.59 Å². The molecule has 0 rings (SSSR count). The van der Waals surface area contributed by atoms with E-state index in [1.807, 2.05) is 21.1 Å². The van der Waals surface area contributed by atoms with Crippen molar-refractivity contribution in [2.75, 3.05) is 47.5 Å². The lowest BCUT2D eigenvalue weighted by Gasteiger charge is -2.25. The zero-order chi connectivity index (χ0) is 43.5. The molecule has 0 aliphatic heterocycles. The molecule has 2 atom stereocenters. The summed E-state index contributed by atoms with van der Waals surface area (Å²) in [7, 11) is 5.95. The summed E-state index contributed by atoms with van der Waals surface area (Å²) in [4.78, 5) is 37.2. The van der Waals surface area contributed by atoms with Crippen LogP contribution in [0.25, 0.3) is 0 Å². The fourth-order valence-corrected chi connectivity index (χ4v) is 6.11. The first-order valence-corrected chi connectivity index (χ1v) is 23.5. The summed E-state index contributed by atoms with van der Waals surface area (Å²) in [6.07, 6.45) is 47.0. The highest BCUT2D eigenvalue weighted by Gasteiger charge is 2.25. The summed E-state index contributed by atoms with van der Waals surface area (Å²) < 4.78 is 22.7. The lowest BCUT2D eigenvalue weighted by Crippen LogP contribution is -2.40. The number of likely N-dealkylation sites (N-methyl/N-ethyl adjacent to an activating group) is 1. The first kappa shape index (κ1) is 56.0. The van der Waals surface area contributed by atoms with E-state index in [-0.39, 0.29) is 38.6 Å². The average molecular weight is 831 g/mol. The zero-order valence-electron chi connectivity index (χ0n) is 38.4. The van der Waals surface area contributed by atoms with E-state index in [2.05, 4.69) is 74.6 Å². The monoisotopic (exact) mass is 831 g/mol. The van der Waals surface area contributed by atoms with Crippen LogP contribution in [-0.4, -0.2) is 87.4 Å². The summed E-state index contributed by atoms with van der Waals surface area (Å²) in [5.74, 6) is -2.04. The molecule has 0 aliphatic carbocycles. The Hall–Kier alpha value is -3.01. The van der Waals surface area contributed by atoms with Crippen LogP contribution in [0.15, 0.2) is 60.8 Å². The zero-order valence-corrected chi connectivity index (χ0v) is 38.4. The van der Waals surface area contributed by atoms with Gasteiger partial charge in [-0.05, 0) is 77.0 Å². The van der Waals surface area contributed by atoms with Crippen molar-refractivity contribution in [2.45, 2.75) is 193 Å². The SMILES string of the molecule is CC/C=C\C/C=C\C/C=C\CCCCCCCCCC(=O)OC(COC(=O)CCCCCCCCC/C=C\C/C=C\CCCCC)COC(OCC[N+](C)(C)C)C(=O)O. The van der Waals surface area contributed by atoms with Crippen molar-refractivity contribution in [3.05, 3.63) is 60.8 Å². The van der Waals surface area contributed by atoms with E-state index in [0.717, 1.165) is 83.5 Å². The van der Waals surface area contributed by atoms with Crippen molar-refractivity contribution in [1.29, 1.82) is 0 Å². The first-order chi connectivity index (χ1) is 28.6. The molecular formula is C50H88NO8+. The second-order valence-electron chi connectivity index (χ2n) is 16.7. The van der Waals surface area contributed by atoms with E-state index in [1.165, 1.54) is 64.2 Å². The number of nitrogens with zero attached hydrogens (tertiary/aromatic N) is 1. The van der Waals surface area contributed by atoms with Crippen LogP contribution in [0, 0.1) is 0 Å². The van der Waals surface area contributed by atoms with Gasteiger partial charge >= 0.3 is 17.9 Å². The maximum atomic E-state index is 12.8. The standard InChI is InChI=1S/C50H87NO8/c1-6-8-10-12-14-16-18-20-22-24-26-28-30-32-34-36-38-40-47(52)57-44-46(45-58-50(49(54)55)56-43-42-51(3,4)5)59-48(53)41-39-37-35-33-31-29-27-25-23-21-19-17-15-13-11-9-7-2/h9,11,14-17,20-23,46,50H,6-8,10,12-13,18-19,24-45H2,1-5H3/p+1/b11-9-,16-14-,17-15-,22-20-,23-21-. The third-order valence-electron chi connectivity index (χ3n) is 9.76. The molecule has 0 heterocycles. The number of rotatable bonds is 42. The minimum Gasteiger partial charge on any atom is -0.477 e. The molecule has 0 aromatic carbocycles. The van der Waals surface area contributed by atoms with E-state index in [9.17, 15) is 19.5 Å². The van der Waals surface area contributed by atoms with Crippen LogP contribution in [0.2, 0.25) is 0 Å². The normalized spacial score (nSPS) is 13.4.